The number of ether oxygens (including phenoxy) is 1. The van der Waals surface area contributed by atoms with Gasteiger partial charge < -0.3 is 4.74 Å². The van der Waals surface area contributed by atoms with Gasteiger partial charge in [0.05, 0.1) is 7.11 Å². The summed E-state index contributed by atoms with van der Waals surface area (Å²) >= 11 is 0. The summed E-state index contributed by atoms with van der Waals surface area (Å²) in [7, 11) is 1.70. The molecule has 21 heavy (non-hydrogen) atoms. The highest BCUT2D eigenvalue weighted by molar-refractivity contribution is 5.92. The molecule has 2 heteroatoms. The molecular weight excluding hydrogens is 260 g/mol. The van der Waals surface area contributed by atoms with Gasteiger partial charge in [0.1, 0.15) is 11.5 Å². The van der Waals surface area contributed by atoms with Crippen molar-refractivity contribution in [3.05, 3.63) is 41.5 Å². The largest absolute Gasteiger partial charge is 0.497 e. The molecule has 2 aliphatic carbocycles. The summed E-state index contributed by atoms with van der Waals surface area (Å²) in [6, 6.07) is 10.7. The van der Waals surface area contributed by atoms with Crippen molar-refractivity contribution in [3.8, 4) is 5.75 Å². The zero-order valence-corrected chi connectivity index (χ0v) is 12.6. The zero-order valence-electron chi connectivity index (χ0n) is 12.6. The third kappa shape index (κ3) is 1.68. The summed E-state index contributed by atoms with van der Waals surface area (Å²) < 4.78 is 5.32. The molecule has 0 bridgehead atoms. The van der Waals surface area contributed by atoms with Gasteiger partial charge in [-0.25, -0.2) is 0 Å². The van der Waals surface area contributed by atoms with E-state index in [9.17, 15) is 4.79 Å². The smallest absolute Gasteiger partial charge is 0.139 e. The van der Waals surface area contributed by atoms with Crippen LogP contribution >= 0.6 is 0 Å². The lowest BCUT2D eigenvalue weighted by Gasteiger charge is -2.37. The van der Waals surface area contributed by atoms with Gasteiger partial charge in [-0.05, 0) is 59.2 Å². The quantitative estimate of drug-likeness (QED) is 0.780. The van der Waals surface area contributed by atoms with Crippen molar-refractivity contribution in [1.82, 2.24) is 0 Å². The standard InChI is InChI=1S/C19H20O2/c1-19-10-9-15-14-6-4-13(21-2)11-12(14)3-5-16(15)17(19)7-8-18(19)20/h3-6,11,17H,7-10H2,1-2H3/t17-,19-/m0/s1. The van der Waals surface area contributed by atoms with Gasteiger partial charge in [0.2, 0.25) is 0 Å². The Morgan fingerprint density at radius 1 is 1.19 bits per heavy atom. The molecule has 108 valence electrons. The molecule has 0 saturated heterocycles. The lowest BCUT2D eigenvalue weighted by Crippen LogP contribution is -2.32. The molecule has 0 heterocycles. The van der Waals surface area contributed by atoms with Gasteiger partial charge in [-0.3, -0.25) is 4.79 Å². The van der Waals surface area contributed by atoms with E-state index >= 15 is 0 Å². The van der Waals surface area contributed by atoms with Crippen molar-refractivity contribution in [3.63, 3.8) is 0 Å². The molecule has 0 radical (unpaired) electrons. The number of methoxy groups -OCH3 is 1. The highest BCUT2D eigenvalue weighted by atomic mass is 16.5. The predicted octanol–water partition coefficient (Wildman–Crippen LogP) is 4.25. The van der Waals surface area contributed by atoms with Crippen LogP contribution in [0.1, 0.15) is 43.2 Å². The van der Waals surface area contributed by atoms with E-state index in [1.807, 2.05) is 6.07 Å². The van der Waals surface area contributed by atoms with Crippen LogP contribution in [0.5, 0.6) is 5.75 Å². The number of benzene rings is 2. The minimum absolute atomic E-state index is 0.118. The average Bonchev–Trinajstić information content (AvgIpc) is 2.82. The molecule has 2 aliphatic rings. The van der Waals surface area contributed by atoms with Crippen LogP contribution in [-0.4, -0.2) is 12.9 Å². The summed E-state index contributed by atoms with van der Waals surface area (Å²) in [5, 5.41) is 2.57. The maximum atomic E-state index is 12.3. The lowest BCUT2D eigenvalue weighted by molar-refractivity contribution is -0.126. The van der Waals surface area contributed by atoms with Gasteiger partial charge in [-0.2, -0.15) is 0 Å². The number of ketones is 1. The maximum Gasteiger partial charge on any atom is 0.139 e. The van der Waals surface area contributed by atoms with Crippen molar-refractivity contribution in [2.24, 2.45) is 5.41 Å². The molecular formula is C19H20O2. The molecule has 4 rings (SSSR count). The Hall–Kier alpha value is -1.83. The second-order valence-corrected chi connectivity index (χ2v) is 6.65. The minimum atomic E-state index is -0.118. The number of Topliss-reactive ketones (excluding diaryl/α,β-unsaturated/α-hetero) is 1. The van der Waals surface area contributed by atoms with Crippen LogP contribution < -0.4 is 4.74 Å². The molecule has 0 N–H and O–H groups in total. The molecule has 2 atom stereocenters. The second kappa shape index (κ2) is 4.33. The molecule has 2 aromatic rings. The third-order valence-corrected chi connectivity index (χ3v) is 5.71. The highest BCUT2D eigenvalue weighted by Gasteiger charge is 2.49. The van der Waals surface area contributed by atoms with Crippen LogP contribution in [0.3, 0.4) is 0 Å². The molecule has 2 nitrogen and oxygen atoms in total. The van der Waals surface area contributed by atoms with E-state index in [-0.39, 0.29) is 5.41 Å². The van der Waals surface area contributed by atoms with E-state index < -0.39 is 0 Å². The van der Waals surface area contributed by atoms with E-state index in [4.69, 9.17) is 4.74 Å². The van der Waals surface area contributed by atoms with E-state index in [0.717, 1.165) is 31.4 Å². The van der Waals surface area contributed by atoms with Gasteiger partial charge in [0.15, 0.2) is 0 Å². The molecule has 2 aromatic carbocycles. The second-order valence-electron chi connectivity index (χ2n) is 6.65. The first-order valence-electron chi connectivity index (χ1n) is 7.76. The van der Waals surface area contributed by atoms with Gasteiger partial charge >= 0.3 is 0 Å². The van der Waals surface area contributed by atoms with E-state index in [0.29, 0.717) is 11.7 Å². The van der Waals surface area contributed by atoms with Crippen molar-refractivity contribution >= 4 is 16.6 Å². The fraction of sp³-hybridized carbons (Fsp3) is 0.421. The van der Waals surface area contributed by atoms with Gasteiger partial charge in [0, 0.05) is 11.8 Å². The Bertz CT molecular complexity index is 747. The first kappa shape index (κ1) is 12.9. The van der Waals surface area contributed by atoms with Crippen LogP contribution in [0.15, 0.2) is 30.3 Å². The molecule has 0 aromatic heterocycles. The third-order valence-electron chi connectivity index (χ3n) is 5.71. The molecule has 1 fully saturated rings. The normalized spacial score (nSPS) is 27.5. The average molecular weight is 280 g/mol. The summed E-state index contributed by atoms with van der Waals surface area (Å²) in [6.07, 6.45) is 3.78. The Morgan fingerprint density at radius 2 is 2.05 bits per heavy atom. The first-order chi connectivity index (χ1) is 10.1. The number of rotatable bonds is 1. The Balaban J connectivity index is 1.91. The fourth-order valence-electron chi connectivity index (χ4n) is 4.39. The van der Waals surface area contributed by atoms with Crippen molar-refractivity contribution in [1.29, 1.82) is 0 Å². The van der Waals surface area contributed by atoms with Crippen molar-refractivity contribution in [2.75, 3.05) is 7.11 Å². The van der Waals surface area contributed by atoms with Gasteiger partial charge in [-0.1, -0.05) is 25.1 Å². The van der Waals surface area contributed by atoms with E-state index in [1.165, 1.54) is 21.9 Å². The molecule has 0 unspecified atom stereocenters. The molecule has 0 spiro atoms. The Labute approximate surface area is 125 Å². The highest BCUT2D eigenvalue weighted by Crippen LogP contribution is 2.54. The first-order valence-corrected chi connectivity index (χ1v) is 7.76. The molecule has 1 saturated carbocycles. The van der Waals surface area contributed by atoms with Crippen LogP contribution in [0.25, 0.3) is 10.8 Å². The van der Waals surface area contributed by atoms with Crippen LogP contribution in [0, 0.1) is 5.41 Å². The Morgan fingerprint density at radius 3 is 2.86 bits per heavy atom. The Kier molecular flexibility index (Phi) is 2.66. The fourth-order valence-corrected chi connectivity index (χ4v) is 4.39. The van der Waals surface area contributed by atoms with Gasteiger partial charge in [-0.15, -0.1) is 0 Å². The SMILES string of the molecule is COc1ccc2c3c(ccc2c1)[C@@H]1CCC(=O)[C@@]1(C)CC3. The van der Waals surface area contributed by atoms with Crippen LogP contribution in [0.4, 0.5) is 0 Å². The van der Waals surface area contributed by atoms with E-state index in [2.05, 4.69) is 31.2 Å². The lowest BCUT2D eigenvalue weighted by atomic mass is 9.66. The van der Waals surface area contributed by atoms with Crippen molar-refractivity contribution in [2.45, 2.75) is 38.5 Å². The summed E-state index contributed by atoms with van der Waals surface area (Å²) in [4.78, 5) is 12.3. The number of fused-ring (bicyclic) bond motifs is 5. The number of hydrogen-bond donors (Lipinski definition) is 0. The molecule has 0 aliphatic heterocycles. The minimum Gasteiger partial charge on any atom is -0.497 e. The topological polar surface area (TPSA) is 26.3 Å². The van der Waals surface area contributed by atoms with Crippen LogP contribution in [-0.2, 0) is 11.2 Å². The maximum absolute atomic E-state index is 12.3. The predicted molar refractivity (Wildman–Crippen MR) is 83.9 cm³/mol. The zero-order chi connectivity index (χ0) is 14.6. The number of aryl methyl sites for hydroxylation is 1. The summed E-state index contributed by atoms with van der Waals surface area (Å²) in [5.74, 6) is 1.78. The number of carbonyl (C=O) groups excluding carboxylic acids is 1. The summed E-state index contributed by atoms with van der Waals surface area (Å²) in [6.45, 7) is 2.17. The van der Waals surface area contributed by atoms with E-state index in [1.54, 1.807) is 7.11 Å². The molecule has 0 amide bonds. The summed E-state index contributed by atoms with van der Waals surface area (Å²) in [5.41, 5.74) is 2.74. The number of hydrogen-bond acceptors (Lipinski definition) is 2. The van der Waals surface area contributed by atoms with Crippen LogP contribution in [0.2, 0.25) is 0 Å². The number of carbonyl (C=O) groups is 1. The monoisotopic (exact) mass is 280 g/mol. The van der Waals surface area contributed by atoms with Crippen molar-refractivity contribution < 1.29 is 9.53 Å². The van der Waals surface area contributed by atoms with Gasteiger partial charge in [0.25, 0.3) is 0 Å².